The van der Waals surface area contributed by atoms with Crippen LogP contribution in [0.1, 0.15) is 27.7 Å². The second-order valence-electron chi connectivity index (χ2n) is 8.32. The number of aliphatic hydroxyl groups is 1. The Bertz CT molecular complexity index is 1710. The van der Waals surface area contributed by atoms with Gasteiger partial charge in [-0.2, -0.15) is 5.26 Å². The molecule has 11 nitrogen and oxygen atoms in total. The van der Waals surface area contributed by atoms with E-state index < -0.39 is 39.9 Å². The van der Waals surface area contributed by atoms with E-state index in [1.165, 1.54) is 43.5 Å². The van der Waals surface area contributed by atoms with Crippen molar-refractivity contribution in [1.82, 2.24) is 0 Å². The number of phenolic OH excluding ortho intramolecular Hbond substituents is 1. The van der Waals surface area contributed by atoms with Gasteiger partial charge in [-0.15, -0.1) is 0 Å². The third-order valence-electron chi connectivity index (χ3n) is 6.19. The number of ketones is 1. The highest BCUT2D eigenvalue weighted by molar-refractivity contribution is 6.20. The van der Waals surface area contributed by atoms with Crippen molar-refractivity contribution in [2.45, 2.75) is 6.04 Å². The first-order chi connectivity index (χ1) is 18.2. The van der Waals surface area contributed by atoms with Gasteiger partial charge in [0.2, 0.25) is 5.78 Å². The first-order valence-corrected chi connectivity index (χ1v) is 11.1. The predicted molar refractivity (Wildman–Crippen MR) is 133 cm³/mol. The summed E-state index contributed by atoms with van der Waals surface area (Å²) in [6.45, 7) is 0. The Hall–Kier alpha value is -5.63. The van der Waals surface area contributed by atoms with Gasteiger partial charge in [0.05, 0.1) is 35.3 Å². The largest absolute Gasteiger partial charge is 0.503 e. The summed E-state index contributed by atoms with van der Waals surface area (Å²) in [7, 11) is 1.44. The van der Waals surface area contributed by atoms with Crippen LogP contribution in [0.4, 0.5) is 11.4 Å². The number of nitriles is 1. The molecule has 1 unspecified atom stereocenters. The lowest BCUT2D eigenvalue weighted by Crippen LogP contribution is -2.31. The van der Waals surface area contributed by atoms with Crippen LogP contribution in [0.15, 0.2) is 82.5 Å². The smallest absolute Gasteiger partial charge is 0.311 e. The molecule has 3 aromatic carbocycles. The minimum Gasteiger partial charge on any atom is -0.503 e. The summed E-state index contributed by atoms with van der Waals surface area (Å²) in [6, 6.07) is 16.3. The fourth-order valence-electron chi connectivity index (χ4n) is 4.41. The van der Waals surface area contributed by atoms with Crippen molar-refractivity contribution >= 4 is 34.0 Å². The first-order valence-electron chi connectivity index (χ1n) is 11.1. The Kier molecular flexibility index (Phi) is 5.77. The molecule has 0 aliphatic carbocycles. The summed E-state index contributed by atoms with van der Waals surface area (Å²) >= 11 is 0. The minimum atomic E-state index is -1.32. The van der Waals surface area contributed by atoms with E-state index in [0.717, 1.165) is 17.0 Å². The number of carbonyl (C=O) groups is 2. The van der Waals surface area contributed by atoms with Gasteiger partial charge in [-0.1, -0.05) is 18.2 Å². The zero-order valence-electron chi connectivity index (χ0n) is 19.6. The number of Topliss-reactive ketones (excluding diaryl/α,β-unsaturated/α-hetero) is 1. The maximum absolute atomic E-state index is 13.8. The second-order valence-corrected chi connectivity index (χ2v) is 8.32. The van der Waals surface area contributed by atoms with Crippen molar-refractivity contribution in [3.63, 3.8) is 0 Å². The molecule has 11 heteroatoms. The first kappa shape index (κ1) is 24.1. The predicted octanol–water partition coefficient (Wildman–Crippen LogP) is 4.71. The number of furan rings is 1. The maximum atomic E-state index is 13.8. The number of hydrogen-bond donors (Lipinski definition) is 2. The summed E-state index contributed by atoms with van der Waals surface area (Å²) in [6.07, 6.45) is 0. The van der Waals surface area contributed by atoms with Crippen LogP contribution in [-0.4, -0.2) is 33.9 Å². The van der Waals surface area contributed by atoms with E-state index >= 15 is 0 Å². The van der Waals surface area contributed by atoms with E-state index in [0.29, 0.717) is 16.7 Å². The van der Waals surface area contributed by atoms with Crippen LogP contribution >= 0.6 is 0 Å². The molecule has 0 radical (unpaired) electrons. The summed E-state index contributed by atoms with van der Waals surface area (Å²) in [5.74, 6) is -3.07. The van der Waals surface area contributed by atoms with Gasteiger partial charge in [-0.05, 0) is 48.0 Å². The zero-order valence-corrected chi connectivity index (χ0v) is 19.6. The fourth-order valence-corrected chi connectivity index (χ4v) is 4.41. The molecule has 0 fully saturated rings. The molecule has 5 rings (SSSR count). The number of aliphatic hydroxyl groups excluding tert-OH is 1. The van der Waals surface area contributed by atoms with Crippen LogP contribution in [0.5, 0.6) is 11.5 Å². The monoisotopic (exact) mass is 511 g/mol. The minimum absolute atomic E-state index is 0.0771. The number of benzene rings is 3. The summed E-state index contributed by atoms with van der Waals surface area (Å²) in [5.41, 5.74) is -0.145. The van der Waals surface area contributed by atoms with Crippen molar-refractivity contribution in [2.24, 2.45) is 0 Å². The lowest BCUT2D eigenvalue weighted by atomic mass is 9.94. The molecular weight excluding hydrogens is 494 g/mol. The number of hydrogen-bond acceptors (Lipinski definition) is 9. The van der Waals surface area contributed by atoms with E-state index in [1.54, 1.807) is 18.2 Å². The van der Waals surface area contributed by atoms with Crippen molar-refractivity contribution in [1.29, 1.82) is 5.26 Å². The number of nitro groups is 1. The molecule has 1 aliphatic heterocycles. The lowest BCUT2D eigenvalue weighted by Gasteiger charge is -2.26. The standard InChI is InChI=1S/C27H17N3O8/c1-37-20-4-2-3-16-12-21(38-26(16)20)24(32)22-23(15-7-10-19(31)18(11-15)30(35)36)29(27(34)25(22)33)17-8-5-14(13-28)6-9-17/h2-12,23,31,33H,1H3. The molecule has 2 N–H and O–H groups in total. The van der Waals surface area contributed by atoms with E-state index in [9.17, 15) is 29.9 Å². The van der Waals surface area contributed by atoms with Gasteiger partial charge < -0.3 is 19.4 Å². The molecule has 1 aliphatic rings. The number of methoxy groups -OCH3 is 1. The molecule has 0 spiro atoms. The van der Waals surface area contributed by atoms with Gasteiger partial charge in [0.25, 0.3) is 5.91 Å². The Morgan fingerprint density at radius 2 is 1.87 bits per heavy atom. The zero-order chi connectivity index (χ0) is 27.1. The summed E-state index contributed by atoms with van der Waals surface area (Å²) < 4.78 is 11.0. The Balaban J connectivity index is 1.69. The third-order valence-corrected chi connectivity index (χ3v) is 6.19. The highest BCUT2D eigenvalue weighted by atomic mass is 16.6. The molecule has 0 saturated heterocycles. The number of anilines is 1. The normalized spacial score (nSPS) is 15.1. The van der Waals surface area contributed by atoms with Gasteiger partial charge in [-0.25, -0.2) is 0 Å². The number of nitro benzene ring substituents is 1. The molecule has 1 atom stereocenters. The average Bonchev–Trinajstić information content (AvgIpc) is 3.47. The van der Waals surface area contributed by atoms with Gasteiger partial charge >= 0.3 is 5.69 Å². The molecule has 0 bridgehead atoms. The van der Waals surface area contributed by atoms with Crippen LogP contribution < -0.4 is 9.64 Å². The quantitative estimate of drug-likeness (QED) is 0.212. The SMILES string of the molecule is COc1cccc2cc(C(=O)C3=C(O)C(=O)N(c4ccc(C#N)cc4)C3c3ccc(O)c([N+](=O)[O-])c3)oc12. The molecule has 2 heterocycles. The highest BCUT2D eigenvalue weighted by Gasteiger charge is 2.46. The van der Waals surface area contributed by atoms with Crippen LogP contribution in [0.3, 0.4) is 0 Å². The topological polar surface area (TPSA) is 167 Å². The van der Waals surface area contributed by atoms with Gasteiger partial charge in [0.1, 0.15) is 0 Å². The van der Waals surface area contributed by atoms with Crippen LogP contribution in [0.25, 0.3) is 11.0 Å². The average molecular weight is 511 g/mol. The van der Waals surface area contributed by atoms with Crippen LogP contribution in [0.2, 0.25) is 0 Å². The van der Waals surface area contributed by atoms with Crippen molar-refractivity contribution in [3.8, 4) is 17.6 Å². The summed E-state index contributed by atoms with van der Waals surface area (Å²) in [5, 5.41) is 42.1. The number of ether oxygens (including phenoxy) is 1. The number of aromatic hydroxyl groups is 1. The molecule has 38 heavy (non-hydrogen) atoms. The molecule has 4 aromatic rings. The fraction of sp³-hybridized carbons (Fsp3) is 0.0741. The third kappa shape index (κ3) is 3.77. The number of carbonyl (C=O) groups excluding carboxylic acids is 2. The number of phenols is 1. The van der Waals surface area contributed by atoms with E-state index in [1.807, 2.05) is 6.07 Å². The number of nitrogens with zero attached hydrogens (tertiary/aromatic N) is 3. The van der Waals surface area contributed by atoms with Gasteiger partial charge in [0, 0.05) is 17.1 Å². The number of fused-ring (bicyclic) bond motifs is 1. The Labute approximate surface area is 214 Å². The highest BCUT2D eigenvalue weighted by Crippen LogP contribution is 2.44. The second kappa shape index (κ2) is 9.11. The number of para-hydroxylation sites is 1. The number of amides is 1. The molecular formula is C27H17N3O8. The lowest BCUT2D eigenvalue weighted by molar-refractivity contribution is -0.385. The van der Waals surface area contributed by atoms with Crippen molar-refractivity contribution in [2.75, 3.05) is 12.0 Å². The molecule has 1 aromatic heterocycles. The van der Waals surface area contributed by atoms with Crippen molar-refractivity contribution < 1.29 is 33.9 Å². The van der Waals surface area contributed by atoms with Crippen LogP contribution in [0, 0.1) is 21.4 Å². The van der Waals surface area contributed by atoms with E-state index in [2.05, 4.69) is 0 Å². The number of rotatable bonds is 6. The van der Waals surface area contributed by atoms with E-state index in [-0.39, 0.29) is 28.2 Å². The molecule has 0 saturated carbocycles. The summed E-state index contributed by atoms with van der Waals surface area (Å²) in [4.78, 5) is 38.9. The Morgan fingerprint density at radius 1 is 1.13 bits per heavy atom. The Morgan fingerprint density at radius 3 is 2.53 bits per heavy atom. The van der Waals surface area contributed by atoms with Crippen LogP contribution in [-0.2, 0) is 4.79 Å². The van der Waals surface area contributed by atoms with E-state index in [4.69, 9.17) is 14.4 Å². The van der Waals surface area contributed by atoms with Crippen molar-refractivity contribution in [3.05, 3.63) is 105 Å². The van der Waals surface area contributed by atoms with Gasteiger partial charge in [-0.3, -0.25) is 24.6 Å². The molecule has 1 amide bonds. The molecule has 188 valence electrons. The van der Waals surface area contributed by atoms with Gasteiger partial charge in [0.15, 0.2) is 28.6 Å². The maximum Gasteiger partial charge on any atom is 0.311 e.